The summed E-state index contributed by atoms with van der Waals surface area (Å²) in [6, 6.07) is 0. The number of nitrogens with zero attached hydrogens (tertiary/aromatic N) is 1. The summed E-state index contributed by atoms with van der Waals surface area (Å²) in [5.41, 5.74) is 0. The van der Waals surface area contributed by atoms with Gasteiger partial charge in [-0.3, -0.25) is 4.79 Å². The molecule has 2 amide bonds. The van der Waals surface area contributed by atoms with Crippen molar-refractivity contribution >= 4 is 12.0 Å². The van der Waals surface area contributed by atoms with Crippen LogP contribution in [0, 0.1) is 11.8 Å². The summed E-state index contributed by atoms with van der Waals surface area (Å²) in [7, 11) is 0. The van der Waals surface area contributed by atoms with E-state index in [1.807, 2.05) is 0 Å². The summed E-state index contributed by atoms with van der Waals surface area (Å²) in [6.45, 7) is 6.82. The standard InChI is InChI=1S/C10H17NO3/c1-4-9(12)11-5-8(7(2)3)6-14-10(11)13/h7-8H,4-6H2,1-3H3/t8-/m1/s1. The van der Waals surface area contributed by atoms with Gasteiger partial charge in [0.2, 0.25) is 5.91 Å². The number of carbonyl (C=O) groups excluding carboxylic acids is 2. The van der Waals surface area contributed by atoms with Crippen LogP contribution < -0.4 is 0 Å². The molecule has 1 saturated heterocycles. The minimum Gasteiger partial charge on any atom is -0.449 e. The summed E-state index contributed by atoms with van der Waals surface area (Å²) in [4.78, 5) is 23.8. The minimum atomic E-state index is -0.492. The van der Waals surface area contributed by atoms with E-state index in [1.165, 1.54) is 4.90 Å². The van der Waals surface area contributed by atoms with Crippen molar-refractivity contribution in [2.75, 3.05) is 13.2 Å². The summed E-state index contributed by atoms with van der Waals surface area (Å²) in [6.07, 6.45) is -0.145. The first-order chi connectivity index (χ1) is 6.56. The molecule has 4 heteroatoms. The maximum atomic E-state index is 11.4. The van der Waals surface area contributed by atoms with Crippen molar-refractivity contribution < 1.29 is 14.3 Å². The van der Waals surface area contributed by atoms with Gasteiger partial charge in [0.1, 0.15) is 0 Å². The van der Waals surface area contributed by atoms with E-state index in [9.17, 15) is 9.59 Å². The van der Waals surface area contributed by atoms with Gasteiger partial charge in [0.25, 0.3) is 0 Å². The Morgan fingerprint density at radius 1 is 1.64 bits per heavy atom. The normalized spacial score (nSPS) is 22.4. The Balaban J connectivity index is 2.64. The molecule has 0 aromatic rings. The second kappa shape index (κ2) is 4.44. The molecule has 1 fully saturated rings. The molecule has 1 atom stereocenters. The Morgan fingerprint density at radius 2 is 2.29 bits per heavy atom. The smallest absolute Gasteiger partial charge is 0.416 e. The van der Waals surface area contributed by atoms with Crippen LogP contribution in [0.1, 0.15) is 27.2 Å². The van der Waals surface area contributed by atoms with E-state index in [0.717, 1.165) is 0 Å². The lowest BCUT2D eigenvalue weighted by atomic mass is 9.95. The monoisotopic (exact) mass is 199 g/mol. The van der Waals surface area contributed by atoms with Crippen LogP contribution in [0.25, 0.3) is 0 Å². The number of ether oxygens (including phenoxy) is 1. The van der Waals surface area contributed by atoms with Gasteiger partial charge in [-0.05, 0) is 5.92 Å². The second-order valence-corrected chi connectivity index (χ2v) is 3.94. The Morgan fingerprint density at radius 3 is 2.79 bits per heavy atom. The molecular formula is C10H17NO3. The fourth-order valence-electron chi connectivity index (χ4n) is 1.42. The maximum absolute atomic E-state index is 11.4. The Bertz CT molecular complexity index is 230. The van der Waals surface area contributed by atoms with Gasteiger partial charge in [-0.2, -0.15) is 0 Å². The van der Waals surface area contributed by atoms with Crippen molar-refractivity contribution in [2.24, 2.45) is 11.8 Å². The van der Waals surface area contributed by atoms with Crippen LogP contribution in [0.5, 0.6) is 0 Å². The van der Waals surface area contributed by atoms with Gasteiger partial charge in [-0.15, -0.1) is 0 Å². The third kappa shape index (κ3) is 2.25. The quantitative estimate of drug-likeness (QED) is 0.679. The second-order valence-electron chi connectivity index (χ2n) is 3.94. The lowest BCUT2D eigenvalue weighted by Crippen LogP contribution is -2.47. The molecule has 0 radical (unpaired) electrons. The lowest BCUT2D eigenvalue weighted by molar-refractivity contribution is -0.132. The highest BCUT2D eigenvalue weighted by molar-refractivity contribution is 5.92. The molecule has 1 rings (SSSR count). The molecule has 0 N–H and O–H groups in total. The Labute approximate surface area is 84.2 Å². The lowest BCUT2D eigenvalue weighted by Gasteiger charge is -2.32. The zero-order valence-corrected chi connectivity index (χ0v) is 8.95. The predicted octanol–water partition coefficient (Wildman–Crippen LogP) is 1.65. The molecule has 0 saturated carbocycles. The van der Waals surface area contributed by atoms with Crippen molar-refractivity contribution in [3.8, 4) is 0 Å². The third-order valence-electron chi connectivity index (χ3n) is 2.60. The average molecular weight is 199 g/mol. The number of imide groups is 1. The van der Waals surface area contributed by atoms with Crippen LogP contribution in [0.3, 0.4) is 0 Å². The summed E-state index contributed by atoms with van der Waals surface area (Å²) < 4.78 is 4.95. The SMILES string of the molecule is CCC(=O)N1C[C@@H](C(C)C)COC1=O. The van der Waals surface area contributed by atoms with Gasteiger partial charge < -0.3 is 4.74 Å². The van der Waals surface area contributed by atoms with Crippen molar-refractivity contribution in [3.05, 3.63) is 0 Å². The highest BCUT2D eigenvalue weighted by Gasteiger charge is 2.32. The van der Waals surface area contributed by atoms with E-state index in [2.05, 4.69) is 13.8 Å². The molecule has 0 aromatic carbocycles. The van der Waals surface area contributed by atoms with E-state index in [-0.39, 0.29) is 11.8 Å². The number of hydrogen-bond donors (Lipinski definition) is 0. The topological polar surface area (TPSA) is 46.6 Å². The van der Waals surface area contributed by atoms with Crippen molar-refractivity contribution in [2.45, 2.75) is 27.2 Å². The average Bonchev–Trinajstić information content (AvgIpc) is 2.17. The Kier molecular flexibility index (Phi) is 3.49. The van der Waals surface area contributed by atoms with E-state index < -0.39 is 6.09 Å². The fourth-order valence-corrected chi connectivity index (χ4v) is 1.42. The fraction of sp³-hybridized carbons (Fsp3) is 0.800. The summed E-state index contributed by atoms with van der Waals surface area (Å²) in [5, 5.41) is 0. The first-order valence-electron chi connectivity index (χ1n) is 5.03. The molecule has 0 bridgehead atoms. The highest BCUT2D eigenvalue weighted by Crippen LogP contribution is 2.19. The van der Waals surface area contributed by atoms with E-state index in [0.29, 0.717) is 25.5 Å². The van der Waals surface area contributed by atoms with E-state index in [1.54, 1.807) is 6.92 Å². The first kappa shape index (κ1) is 11.0. The number of amides is 2. The largest absolute Gasteiger partial charge is 0.449 e. The zero-order valence-electron chi connectivity index (χ0n) is 8.95. The van der Waals surface area contributed by atoms with Gasteiger partial charge in [0.15, 0.2) is 0 Å². The molecule has 14 heavy (non-hydrogen) atoms. The molecule has 1 aliphatic heterocycles. The van der Waals surface area contributed by atoms with Crippen molar-refractivity contribution in [1.29, 1.82) is 0 Å². The molecule has 4 nitrogen and oxygen atoms in total. The maximum Gasteiger partial charge on any atom is 0.416 e. The number of carbonyl (C=O) groups is 2. The molecule has 0 aromatic heterocycles. The third-order valence-corrected chi connectivity index (χ3v) is 2.60. The molecule has 0 unspecified atom stereocenters. The molecule has 0 spiro atoms. The van der Waals surface area contributed by atoms with E-state index in [4.69, 9.17) is 4.74 Å². The molecule has 1 aliphatic rings. The predicted molar refractivity (Wildman–Crippen MR) is 51.7 cm³/mol. The highest BCUT2D eigenvalue weighted by atomic mass is 16.6. The van der Waals surface area contributed by atoms with E-state index >= 15 is 0 Å². The van der Waals surface area contributed by atoms with Crippen LogP contribution in [0.15, 0.2) is 0 Å². The van der Waals surface area contributed by atoms with Gasteiger partial charge in [-0.25, -0.2) is 9.69 Å². The Hall–Kier alpha value is -1.06. The molecule has 80 valence electrons. The molecule has 0 aliphatic carbocycles. The summed E-state index contributed by atoms with van der Waals surface area (Å²) in [5.74, 6) is 0.541. The van der Waals surface area contributed by atoms with Crippen LogP contribution in [0.4, 0.5) is 4.79 Å². The van der Waals surface area contributed by atoms with Gasteiger partial charge in [0, 0.05) is 18.9 Å². The molecular weight excluding hydrogens is 182 g/mol. The first-order valence-corrected chi connectivity index (χ1v) is 5.03. The van der Waals surface area contributed by atoms with Gasteiger partial charge in [0.05, 0.1) is 6.61 Å². The number of cyclic esters (lactones) is 1. The van der Waals surface area contributed by atoms with Crippen LogP contribution in [-0.4, -0.2) is 30.1 Å². The van der Waals surface area contributed by atoms with Crippen molar-refractivity contribution in [1.82, 2.24) is 4.90 Å². The van der Waals surface area contributed by atoms with Crippen molar-refractivity contribution in [3.63, 3.8) is 0 Å². The van der Waals surface area contributed by atoms with Crippen LogP contribution in [-0.2, 0) is 9.53 Å². The van der Waals surface area contributed by atoms with Gasteiger partial charge >= 0.3 is 6.09 Å². The summed E-state index contributed by atoms with van der Waals surface area (Å²) >= 11 is 0. The van der Waals surface area contributed by atoms with Crippen LogP contribution >= 0.6 is 0 Å². The zero-order chi connectivity index (χ0) is 10.7. The number of hydrogen-bond acceptors (Lipinski definition) is 3. The number of rotatable bonds is 2. The minimum absolute atomic E-state index is 0.152. The van der Waals surface area contributed by atoms with Gasteiger partial charge in [-0.1, -0.05) is 20.8 Å². The molecule has 1 heterocycles. The van der Waals surface area contributed by atoms with Crippen LogP contribution in [0.2, 0.25) is 0 Å².